The highest BCUT2D eigenvalue weighted by Crippen LogP contribution is 2.20. The molecule has 0 aliphatic carbocycles. The van der Waals surface area contributed by atoms with Crippen molar-refractivity contribution >= 4 is 16.8 Å². The summed E-state index contributed by atoms with van der Waals surface area (Å²) < 4.78 is 4.95. The fourth-order valence-electron chi connectivity index (χ4n) is 1.90. The van der Waals surface area contributed by atoms with Crippen molar-refractivity contribution in [1.29, 1.82) is 0 Å². The summed E-state index contributed by atoms with van der Waals surface area (Å²) in [5.74, 6) is -0.450. The van der Waals surface area contributed by atoms with E-state index in [2.05, 4.69) is 20.3 Å². The molecule has 2 aromatic heterocycles. The van der Waals surface area contributed by atoms with Crippen LogP contribution in [0.4, 0.5) is 5.69 Å². The monoisotopic (exact) mass is 256 g/mol. The van der Waals surface area contributed by atoms with Crippen molar-refractivity contribution in [3.05, 3.63) is 53.0 Å². The maximum absolute atomic E-state index is 11.1. The van der Waals surface area contributed by atoms with Gasteiger partial charge in [-0.1, -0.05) is 0 Å². The van der Waals surface area contributed by atoms with E-state index < -0.39 is 5.76 Å². The van der Waals surface area contributed by atoms with E-state index in [1.165, 1.54) is 0 Å². The molecular formula is C13H12N4O2. The third kappa shape index (κ3) is 2.33. The molecule has 3 aromatic rings. The third-order valence-electron chi connectivity index (χ3n) is 2.83. The Morgan fingerprint density at radius 1 is 1.37 bits per heavy atom. The summed E-state index contributed by atoms with van der Waals surface area (Å²) >= 11 is 0. The number of hydrogen-bond donors (Lipinski definition) is 2. The first kappa shape index (κ1) is 11.5. The zero-order valence-corrected chi connectivity index (χ0v) is 10.3. The van der Waals surface area contributed by atoms with Gasteiger partial charge in [-0.25, -0.2) is 4.79 Å². The van der Waals surface area contributed by atoms with Crippen LogP contribution in [-0.2, 0) is 0 Å². The molecule has 0 aliphatic rings. The van der Waals surface area contributed by atoms with E-state index in [9.17, 15) is 4.79 Å². The highest BCUT2D eigenvalue weighted by Gasteiger charge is 2.08. The molecule has 2 heterocycles. The minimum atomic E-state index is -0.450. The minimum absolute atomic E-state index is 0.0183. The van der Waals surface area contributed by atoms with Crippen LogP contribution in [0.5, 0.6) is 0 Å². The van der Waals surface area contributed by atoms with Gasteiger partial charge in [-0.3, -0.25) is 15.0 Å². The van der Waals surface area contributed by atoms with Gasteiger partial charge in [0.25, 0.3) is 0 Å². The number of nitrogens with one attached hydrogen (secondary N) is 2. The normalized spacial score (nSPS) is 12.5. The van der Waals surface area contributed by atoms with Gasteiger partial charge in [-0.2, -0.15) is 0 Å². The molecule has 1 unspecified atom stereocenters. The van der Waals surface area contributed by atoms with Gasteiger partial charge in [0.1, 0.15) is 0 Å². The van der Waals surface area contributed by atoms with Gasteiger partial charge >= 0.3 is 5.76 Å². The lowest BCUT2D eigenvalue weighted by molar-refractivity contribution is 0.555. The first-order valence-electron chi connectivity index (χ1n) is 5.88. The van der Waals surface area contributed by atoms with Crippen LogP contribution in [0.25, 0.3) is 11.1 Å². The van der Waals surface area contributed by atoms with Crippen LogP contribution in [0.3, 0.4) is 0 Å². The zero-order valence-electron chi connectivity index (χ0n) is 10.3. The Morgan fingerprint density at radius 3 is 3.05 bits per heavy atom. The summed E-state index contributed by atoms with van der Waals surface area (Å²) in [5.41, 5.74) is 2.94. The van der Waals surface area contributed by atoms with Crippen molar-refractivity contribution in [3.8, 4) is 0 Å². The molecule has 3 rings (SSSR count). The smallest absolute Gasteiger partial charge is 0.408 e. The molecule has 0 amide bonds. The van der Waals surface area contributed by atoms with Crippen LogP contribution in [0.1, 0.15) is 18.7 Å². The summed E-state index contributed by atoms with van der Waals surface area (Å²) in [5, 5.41) is 3.29. The summed E-state index contributed by atoms with van der Waals surface area (Å²) in [6.45, 7) is 1.99. The van der Waals surface area contributed by atoms with Crippen LogP contribution in [0.2, 0.25) is 0 Å². The molecule has 0 aliphatic heterocycles. The van der Waals surface area contributed by atoms with Crippen LogP contribution in [0, 0.1) is 0 Å². The predicted octanol–water partition coefficient (Wildman–Crippen LogP) is 2.08. The summed E-state index contributed by atoms with van der Waals surface area (Å²) in [4.78, 5) is 22.0. The minimum Gasteiger partial charge on any atom is -0.408 e. The molecule has 1 aromatic carbocycles. The van der Waals surface area contributed by atoms with Gasteiger partial charge in [0, 0.05) is 18.1 Å². The summed E-state index contributed by atoms with van der Waals surface area (Å²) in [6.07, 6.45) is 5.01. The second-order valence-corrected chi connectivity index (χ2v) is 4.22. The van der Waals surface area contributed by atoms with E-state index in [0.717, 1.165) is 11.4 Å². The van der Waals surface area contributed by atoms with E-state index in [-0.39, 0.29) is 6.04 Å². The van der Waals surface area contributed by atoms with E-state index in [0.29, 0.717) is 11.1 Å². The SMILES string of the molecule is CC(Nc1ccc2oc(=O)[nH]c2c1)c1cnccn1. The Kier molecular flexibility index (Phi) is 2.75. The average molecular weight is 256 g/mol. The number of nitrogens with zero attached hydrogens (tertiary/aromatic N) is 2. The number of hydrogen-bond acceptors (Lipinski definition) is 5. The van der Waals surface area contributed by atoms with Gasteiger partial charge in [0.15, 0.2) is 5.58 Å². The first-order chi connectivity index (χ1) is 9.22. The molecule has 19 heavy (non-hydrogen) atoms. The fraction of sp³-hybridized carbons (Fsp3) is 0.154. The quantitative estimate of drug-likeness (QED) is 0.749. The average Bonchev–Trinajstić information content (AvgIpc) is 2.79. The molecule has 0 saturated heterocycles. The lowest BCUT2D eigenvalue weighted by atomic mass is 10.2. The van der Waals surface area contributed by atoms with E-state index in [1.807, 2.05) is 19.1 Å². The first-order valence-corrected chi connectivity index (χ1v) is 5.88. The molecule has 1 atom stereocenters. The standard InChI is InChI=1S/C13H12N4O2/c1-8(11-7-14-4-5-15-11)16-9-2-3-12-10(6-9)17-13(18)19-12/h2-8,16H,1H3,(H,17,18). The van der Waals surface area contributed by atoms with Gasteiger partial charge in [-0.15, -0.1) is 0 Å². The van der Waals surface area contributed by atoms with Gasteiger partial charge in [0.05, 0.1) is 23.4 Å². The molecular weight excluding hydrogens is 244 g/mol. The maximum Gasteiger partial charge on any atom is 0.417 e. The molecule has 0 fully saturated rings. The topological polar surface area (TPSA) is 83.8 Å². The number of H-pyrrole nitrogens is 1. The number of aromatic nitrogens is 3. The molecule has 0 radical (unpaired) electrons. The molecule has 0 saturated carbocycles. The largest absolute Gasteiger partial charge is 0.417 e. The second-order valence-electron chi connectivity index (χ2n) is 4.22. The highest BCUT2D eigenvalue weighted by atomic mass is 16.4. The summed E-state index contributed by atoms with van der Waals surface area (Å²) in [6, 6.07) is 5.45. The Balaban J connectivity index is 1.87. The fourth-order valence-corrected chi connectivity index (χ4v) is 1.90. The van der Waals surface area contributed by atoms with Crippen molar-refractivity contribution in [2.24, 2.45) is 0 Å². The van der Waals surface area contributed by atoms with Crippen molar-refractivity contribution in [2.45, 2.75) is 13.0 Å². The van der Waals surface area contributed by atoms with E-state index >= 15 is 0 Å². The van der Waals surface area contributed by atoms with Crippen molar-refractivity contribution in [3.63, 3.8) is 0 Å². The summed E-state index contributed by atoms with van der Waals surface area (Å²) in [7, 11) is 0. The number of oxazole rings is 1. The van der Waals surface area contributed by atoms with E-state index in [1.54, 1.807) is 24.7 Å². The van der Waals surface area contributed by atoms with Gasteiger partial charge in [-0.05, 0) is 25.1 Å². The zero-order chi connectivity index (χ0) is 13.2. The Labute approximate surface area is 108 Å². The molecule has 0 bridgehead atoms. The Hall–Kier alpha value is -2.63. The number of anilines is 1. The Morgan fingerprint density at radius 2 is 2.26 bits per heavy atom. The third-order valence-corrected chi connectivity index (χ3v) is 2.83. The van der Waals surface area contributed by atoms with Gasteiger partial charge < -0.3 is 9.73 Å². The molecule has 6 heteroatoms. The maximum atomic E-state index is 11.1. The molecule has 6 nitrogen and oxygen atoms in total. The number of fused-ring (bicyclic) bond motifs is 1. The van der Waals surface area contributed by atoms with Crippen molar-refractivity contribution < 1.29 is 4.42 Å². The molecule has 96 valence electrons. The molecule has 2 N–H and O–H groups in total. The second kappa shape index (κ2) is 4.56. The van der Waals surface area contributed by atoms with Crippen LogP contribution < -0.4 is 11.1 Å². The van der Waals surface area contributed by atoms with Crippen molar-refractivity contribution in [1.82, 2.24) is 15.0 Å². The lowest BCUT2D eigenvalue weighted by Gasteiger charge is -2.13. The molecule has 0 spiro atoms. The Bertz CT molecular complexity index is 748. The number of aromatic amines is 1. The van der Waals surface area contributed by atoms with Crippen LogP contribution in [-0.4, -0.2) is 15.0 Å². The van der Waals surface area contributed by atoms with Gasteiger partial charge in [0.2, 0.25) is 0 Å². The van der Waals surface area contributed by atoms with Crippen LogP contribution >= 0.6 is 0 Å². The predicted molar refractivity (Wildman–Crippen MR) is 70.9 cm³/mol. The van der Waals surface area contributed by atoms with Crippen molar-refractivity contribution in [2.75, 3.05) is 5.32 Å². The highest BCUT2D eigenvalue weighted by molar-refractivity contribution is 5.76. The number of rotatable bonds is 3. The van der Waals surface area contributed by atoms with Crippen LogP contribution in [0.15, 0.2) is 46.0 Å². The number of benzene rings is 1. The lowest BCUT2D eigenvalue weighted by Crippen LogP contribution is -2.08. The van der Waals surface area contributed by atoms with E-state index in [4.69, 9.17) is 4.42 Å².